The van der Waals surface area contributed by atoms with Crippen molar-refractivity contribution >= 4 is 23.9 Å². The molecule has 0 fully saturated rings. The van der Waals surface area contributed by atoms with Gasteiger partial charge in [0.1, 0.15) is 0 Å². The van der Waals surface area contributed by atoms with Crippen molar-refractivity contribution in [2.24, 2.45) is 5.10 Å². The highest BCUT2D eigenvalue weighted by atomic mass is 16.5. The highest BCUT2D eigenvalue weighted by Gasteiger charge is 2.12. The predicted molar refractivity (Wildman–Crippen MR) is 122 cm³/mol. The largest absolute Gasteiger partial charge is 0.462 e. The van der Waals surface area contributed by atoms with Gasteiger partial charge in [-0.15, -0.1) is 0 Å². The van der Waals surface area contributed by atoms with Crippen LogP contribution in [0.4, 0.5) is 10.5 Å². The third kappa shape index (κ3) is 5.39. The Kier molecular flexibility index (Phi) is 6.87. The van der Waals surface area contributed by atoms with E-state index in [0.717, 1.165) is 28.2 Å². The minimum Gasteiger partial charge on any atom is -0.462 e. The van der Waals surface area contributed by atoms with Crippen LogP contribution in [-0.4, -0.2) is 29.4 Å². The number of hydrogen-bond donors (Lipinski definition) is 2. The molecule has 0 radical (unpaired) electrons. The van der Waals surface area contributed by atoms with Crippen molar-refractivity contribution in [1.29, 1.82) is 0 Å². The molecule has 7 nitrogen and oxygen atoms in total. The number of carbonyl (C=O) groups excluding carboxylic acids is 2. The first-order chi connectivity index (χ1) is 14.9. The molecule has 3 rings (SSSR count). The number of amides is 2. The minimum atomic E-state index is -0.419. The van der Waals surface area contributed by atoms with Crippen LogP contribution in [0, 0.1) is 20.8 Å². The molecular weight excluding hydrogens is 392 g/mol. The van der Waals surface area contributed by atoms with Crippen molar-refractivity contribution in [3.05, 3.63) is 82.7 Å². The van der Waals surface area contributed by atoms with Crippen LogP contribution in [0.1, 0.15) is 39.8 Å². The summed E-state index contributed by atoms with van der Waals surface area (Å²) in [6.45, 7) is 8.00. The Morgan fingerprint density at radius 2 is 1.84 bits per heavy atom. The Morgan fingerprint density at radius 3 is 2.58 bits per heavy atom. The number of carbonyl (C=O) groups is 2. The van der Waals surface area contributed by atoms with Gasteiger partial charge in [0.05, 0.1) is 18.4 Å². The topological polar surface area (TPSA) is 84.7 Å². The van der Waals surface area contributed by atoms with Gasteiger partial charge in [0.15, 0.2) is 0 Å². The van der Waals surface area contributed by atoms with Gasteiger partial charge in [0.2, 0.25) is 0 Å². The fraction of sp³-hybridized carbons (Fsp3) is 0.208. The average molecular weight is 418 g/mol. The molecule has 0 aliphatic carbocycles. The number of ether oxygens (including phenoxy) is 1. The number of aromatic nitrogens is 1. The summed E-state index contributed by atoms with van der Waals surface area (Å²) < 4.78 is 7.12. The van der Waals surface area contributed by atoms with Crippen molar-refractivity contribution in [2.75, 3.05) is 11.9 Å². The average Bonchev–Trinajstić information content (AvgIpc) is 3.01. The molecule has 160 valence electrons. The number of aryl methyl sites for hydroxylation is 2. The van der Waals surface area contributed by atoms with Gasteiger partial charge in [-0.3, -0.25) is 0 Å². The van der Waals surface area contributed by atoms with E-state index in [2.05, 4.69) is 15.8 Å². The molecule has 3 aromatic rings. The highest BCUT2D eigenvalue weighted by molar-refractivity contribution is 5.91. The second-order valence-corrected chi connectivity index (χ2v) is 7.13. The van der Waals surface area contributed by atoms with Gasteiger partial charge in [0, 0.05) is 28.3 Å². The monoisotopic (exact) mass is 418 g/mol. The summed E-state index contributed by atoms with van der Waals surface area (Å²) in [5.74, 6) is -0.350. The normalized spacial score (nSPS) is 10.8. The Labute approximate surface area is 181 Å². The van der Waals surface area contributed by atoms with E-state index in [1.807, 2.05) is 67.8 Å². The molecule has 2 amide bonds. The fourth-order valence-electron chi connectivity index (χ4n) is 3.34. The zero-order valence-corrected chi connectivity index (χ0v) is 18.1. The Morgan fingerprint density at radius 1 is 1.06 bits per heavy atom. The quantitative estimate of drug-likeness (QED) is 0.345. The number of nitrogens with one attached hydrogen (secondary N) is 2. The van der Waals surface area contributed by atoms with E-state index >= 15 is 0 Å². The number of benzene rings is 2. The van der Waals surface area contributed by atoms with Crippen LogP contribution in [0.25, 0.3) is 5.69 Å². The predicted octanol–water partition coefficient (Wildman–Crippen LogP) is 4.73. The van der Waals surface area contributed by atoms with Crippen LogP contribution in [0.3, 0.4) is 0 Å². The maximum atomic E-state index is 12.1. The molecule has 1 aromatic heterocycles. The Balaban J connectivity index is 1.73. The van der Waals surface area contributed by atoms with E-state index in [0.29, 0.717) is 17.9 Å². The van der Waals surface area contributed by atoms with E-state index in [4.69, 9.17) is 4.74 Å². The number of hydrazone groups is 1. The molecule has 0 atom stereocenters. The molecule has 0 saturated carbocycles. The van der Waals surface area contributed by atoms with Gasteiger partial charge >= 0.3 is 12.0 Å². The van der Waals surface area contributed by atoms with Crippen LogP contribution in [0.5, 0.6) is 0 Å². The van der Waals surface area contributed by atoms with Gasteiger partial charge in [-0.1, -0.05) is 18.2 Å². The summed E-state index contributed by atoms with van der Waals surface area (Å²) in [6, 6.07) is 16.4. The van der Waals surface area contributed by atoms with Crippen LogP contribution >= 0.6 is 0 Å². The first-order valence-corrected chi connectivity index (χ1v) is 10.0. The lowest BCUT2D eigenvalue weighted by atomic mass is 10.2. The maximum absolute atomic E-state index is 12.1. The molecule has 2 aromatic carbocycles. The van der Waals surface area contributed by atoms with Gasteiger partial charge in [-0.25, -0.2) is 15.0 Å². The molecular formula is C24H26N4O3. The number of urea groups is 1. The van der Waals surface area contributed by atoms with Crippen molar-refractivity contribution in [1.82, 2.24) is 9.99 Å². The molecule has 2 N–H and O–H groups in total. The first kappa shape index (κ1) is 21.8. The molecule has 0 unspecified atom stereocenters. The van der Waals surface area contributed by atoms with Crippen LogP contribution in [0.15, 0.2) is 59.7 Å². The third-order valence-electron chi connectivity index (χ3n) is 4.73. The second kappa shape index (κ2) is 9.75. The lowest BCUT2D eigenvalue weighted by molar-refractivity contribution is 0.0526. The summed E-state index contributed by atoms with van der Waals surface area (Å²) >= 11 is 0. The number of nitrogens with zero attached hydrogens (tertiary/aromatic N) is 2. The van der Waals surface area contributed by atoms with Gasteiger partial charge in [0.25, 0.3) is 0 Å². The van der Waals surface area contributed by atoms with Crippen LogP contribution in [0.2, 0.25) is 0 Å². The Bertz CT molecular complexity index is 1130. The van der Waals surface area contributed by atoms with Crippen molar-refractivity contribution in [2.45, 2.75) is 27.7 Å². The number of rotatable bonds is 6. The van der Waals surface area contributed by atoms with E-state index < -0.39 is 6.03 Å². The summed E-state index contributed by atoms with van der Waals surface area (Å²) in [7, 11) is 0. The summed E-state index contributed by atoms with van der Waals surface area (Å²) in [5, 5.41) is 6.81. The third-order valence-corrected chi connectivity index (χ3v) is 4.73. The number of anilines is 1. The lowest BCUT2D eigenvalue weighted by Crippen LogP contribution is -2.24. The lowest BCUT2D eigenvalue weighted by Gasteiger charge is -2.11. The molecule has 0 aliphatic rings. The fourth-order valence-corrected chi connectivity index (χ4v) is 3.34. The number of esters is 1. The van der Waals surface area contributed by atoms with E-state index in [9.17, 15) is 9.59 Å². The van der Waals surface area contributed by atoms with Crippen LogP contribution in [-0.2, 0) is 4.74 Å². The SMILES string of the molecule is CCOC(=O)c1cccc(-n2c(C)cc(/C=N/NC(=O)Nc3cccc(C)c3)c2C)c1. The second-order valence-electron chi connectivity index (χ2n) is 7.13. The van der Waals surface area contributed by atoms with Gasteiger partial charge < -0.3 is 14.6 Å². The molecule has 0 aliphatic heterocycles. The van der Waals surface area contributed by atoms with Gasteiger partial charge in [-0.05, 0) is 69.7 Å². The number of hydrogen-bond acceptors (Lipinski definition) is 4. The van der Waals surface area contributed by atoms with E-state index in [-0.39, 0.29) is 5.97 Å². The van der Waals surface area contributed by atoms with E-state index in [1.165, 1.54) is 0 Å². The zero-order valence-electron chi connectivity index (χ0n) is 18.1. The zero-order chi connectivity index (χ0) is 22.4. The Hall–Kier alpha value is -3.87. The standard InChI is InChI=1S/C24H26N4O3/c1-5-31-23(29)19-9-7-11-22(14-19)28-17(3)13-20(18(28)4)15-25-27-24(30)26-21-10-6-8-16(2)12-21/h6-15H,5H2,1-4H3,(H2,26,27,30)/b25-15+. The maximum Gasteiger partial charge on any atom is 0.339 e. The van der Waals surface area contributed by atoms with Crippen molar-refractivity contribution in [3.63, 3.8) is 0 Å². The first-order valence-electron chi connectivity index (χ1n) is 10.0. The van der Waals surface area contributed by atoms with E-state index in [1.54, 1.807) is 25.3 Å². The summed E-state index contributed by atoms with van der Waals surface area (Å²) in [6.07, 6.45) is 1.60. The molecule has 31 heavy (non-hydrogen) atoms. The molecule has 0 bridgehead atoms. The molecule has 0 saturated heterocycles. The van der Waals surface area contributed by atoms with Crippen molar-refractivity contribution in [3.8, 4) is 5.69 Å². The summed E-state index contributed by atoms with van der Waals surface area (Å²) in [4.78, 5) is 24.1. The van der Waals surface area contributed by atoms with Crippen molar-refractivity contribution < 1.29 is 14.3 Å². The highest BCUT2D eigenvalue weighted by Crippen LogP contribution is 2.21. The van der Waals surface area contributed by atoms with Crippen LogP contribution < -0.4 is 10.7 Å². The molecule has 1 heterocycles. The smallest absolute Gasteiger partial charge is 0.339 e. The minimum absolute atomic E-state index is 0.329. The molecule has 7 heteroatoms. The summed E-state index contributed by atoms with van der Waals surface area (Å²) in [5.41, 5.74) is 8.35. The molecule has 0 spiro atoms. The van der Waals surface area contributed by atoms with Gasteiger partial charge in [-0.2, -0.15) is 5.10 Å².